The monoisotopic (exact) mass is 605 g/mol. The maximum atomic E-state index is 14.9. The number of fused-ring (bicyclic) bond motifs is 5. The number of likely N-dealkylation sites (tertiary alicyclic amines) is 1. The molecule has 5 heterocycles. The summed E-state index contributed by atoms with van der Waals surface area (Å²) < 4.78 is 53.5. The molecular formula is C29H27F4N3O7. The van der Waals surface area contributed by atoms with Crippen molar-refractivity contribution in [1.29, 1.82) is 0 Å². The van der Waals surface area contributed by atoms with Crippen LogP contribution in [0, 0.1) is 12.7 Å². The maximum absolute atomic E-state index is 14.9. The lowest BCUT2D eigenvalue weighted by atomic mass is 9.80. The van der Waals surface area contributed by atoms with Gasteiger partial charge < -0.3 is 24.6 Å². The van der Waals surface area contributed by atoms with E-state index in [1.54, 1.807) is 24.5 Å². The number of aryl methyl sites for hydroxylation is 1. The highest BCUT2D eigenvalue weighted by Gasteiger charge is 2.46. The zero-order valence-electron chi connectivity index (χ0n) is 23.1. The van der Waals surface area contributed by atoms with E-state index in [1.807, 2.05) is 0 Å². The van der Waals surface area contributed by atoms with Crippen LogP contribution in [0.4, 0.5) is 17.6 Å². The van der Waals surface area contributed by atoms with Crippen LogP contribution in [-0.4, -0.2) is 67.1 Å². The summed E-state index contributed by atoms with van der Waals surface area (Å²) in [5, 5.41) is 29.2. The maximum Gasteiger partial charge on any atom is 0.490 e. The number of rotatable bonds is 2. The van der Waals surface area contributed by atoms with Crippen molar-refractivity contribution in [2.75, 3.05) is 13.1 Å². The van der Waals surface area contributed by atoms with Crippen molar-refractivity contribution in [3.63, 3.8) is 0 Å². The van der Waals surface area contributed by atoms with Crippen LogP contribution in [0.3, 0.4) is 0 Å². The average molecular weight is 606 g/mol. The molecule has 4 aliphatic rings. The number of cyclic esters (lactones) is 1. The van der Waals surface area contributed by atoms with Gasteiger partial charge in [0.2, 0.25) is 0 Å². The number of carbonyl (C=O) groups excluding carboxylic acids is 1. The Labute approximate surface area is 241 Å². The number of aliphatic hydroxyl groups excluding tert-OH is 1. The molecular weight excluding hydrogens is 578 g/mol. The van der Waals surface area contributed by atoms with Gasteiger partial charge in [0.05, 0.1) is 35.1 Å². The Kier molecular flexibility index (Phi) is 6.67. The largest absolute Gasteiger partial charge is 0.490 e. The Hall–Kier alpha value is -3.88. The molecule has 0 spiro atoms. The molecule has 3 aliphatic heterocycles. The van der Waals surface area contributed by atoms with E-state index in [1.165, 1.54) is 6.07 Å². The van der Waals surface area contributed by atoms with E-state index in [4.69, 9.17) is 19.6 Å². The number of hydrogen-bond acceptors (Lipinski definition) is 8. The van der Waals surface area contributed by atoms with Crippen molar-refractivity contribution < 1.29 is 47.2 Å². The van der Waals surface area contributed by atoms with E-state index in [-0.39, 0.29) is 47.7 Å². The minimum absolute atomic E-state index is 0.0298. The summed E-state index contributed by atoms with van der Waals surface area (Å²) in [6.07, 6.45) is -3.87. The first-order chi connectivity index (χ1) is 20.2. The van der Waals surface area contributed by atoms with Crippen LogP contribution in [-0.2, 0) is 39.5 Å². The second-order valence-electron chi connectivity index (χ2n) is 11.3. The zero-order valence-corrected chi connectivity index (χ0v) is 23.1. The molecule has 10 nitrogen and oxygen atoms in total. The molecule has 1 aliphatic carbocycles. The SMILES string of the molecule is CC[C@@]1(O)C(=O)OCc2c1cc1n(c2=O)Cc2c-1nc1cc(F)c(C)c3c1c2[C@@H](N1CC(O)C1)CC3.O=C(O)C(F)(F)F. The number of carboxylic acid groups (broad SMARTS) is 1. The number of aromatic nitrogens is 2. The van der Waals surface area contributed by atoms with E-state index in [2.05, 4.69) is 4.90 Å². The number of benzene rings is 1. The molecule has 0 amide bonds. The van der Waals surface area contributed by atoms with Crippen molar-refractivity contribution in [2.45, 2.75) is 70.2 Å². The molecule has 228 valence electrons. The van der Waals surface area contributed by atoms with E-state index >= 15 is 0 Å². The molecule has 1 saturated heterocycles. The Balaban J connectivity index is 0.000000423. The average Bonchev–Trinajstić information content (AvgIpc) is 3.30. The fourth-order valence-electron chi connectivity index (χ4n) is 6.64. The van der Waals surface area contributed by atoms with Gasteiger partial charge in [0, 0.05) is 41.7 Å². The summed E-state index contributed by atoms with van der Waals surface area (Å²) in [5.74, 6) is -3.83. The first-order valence-electron chi connectivity index (χ1n) is 13.7. The summed E-state index contributed by atoms with van der Waals surface area (Å²) in [6.45, 7) is 4.73. The minimum atomic E-state index is -5.08. The van der Waals surface area contributed by atoms with Crippen molar-refractivity contribution in [1.82, 2.24) is 14.5 Å². The van der Waals surface area contributed by atoms with Crippen LogP contribution in [0.5, 0.6) is 0 Å². The number of carboxylic acids is 1. The lowest BCUT2D eigenvalue weighted by Gasteiger charge is -2.44. The Morgan fingerprint density at radius 2 is 1.86 bits per heavy atom. The number of pyridine rings is 2. The second-order valence-corrected chi connectivity index (χ2v) is 11.3. The van der Waals surface area contributed by atoms with Crippen molar-refractivity contribution >= 4 is 22.8 Å². The predicted octanol–water partition coefficient (Wildman–Crippen LogP) is 2.82. The highest BCUT2D eigenvalue weighted by molar-refractivity contribution is 5.93. The molecule has 3 aromatic rings. The highest BCUT2D eigenvalue weighted by atomic mass is 19.4. The minimum Gasteiger partial charge on any atom is -0.475 e. The Bertz CT molecular complexity index is 1780. The van der Waals surface area contributed by atoms with Gasteiger partial charge in [0.25, 0.3) is 5.56 Å². The second kappa shape index (κ2) is 9.82. The van der Waals surface area contributed by atoms with Gasteiger partial charge in [-0.1, -0.05) is 6.92 Å². The standard InChI is InChI=1S/C27H26FN3O5.C2HF3O2/c1-3-27(35)17-6-21-24-15(10-31(21)25(33)16(17)11-36-26(27)34)23-20(30-8-13(32)9-30)5-4-14-12(2)18(28)7-19(29-24)22(14)23;3-2(4,5)1(6)7/h6-7,13,20,32,35H,3-5,8-11H2,1-2H3;(H,6,7)/t20-,27-;/m0./s1. The summed E-state index contributed by atoms with van der Waals surface area (Å²) >= 11 is 0. The van der Waals surface area contributed by atoms with Crippen molar-refractivity contribution in [2.24, 2.45) is 0 Å². The molecule has 43 heavy (non-hydrogen) atoms. The molecule has 2 atom stereocenters. The van der Waals surface area contributed by atoms with E-state index < -0.39 is 23.7 Å². The van der Waals surface area contributed by atoms with E-state index in [9.17, 15) is 37.4 Å². The third kappa shape index (κ3) is 4.33. The van der Waals surface area contributed by atoms with Crippen LogP contribution < -0.4 is 5.56 Å². The van der Waals surface area contributed by atoms with Crippen LogP contribution in [0.15, 0.2) is 16.9 Å². The lowest BCUT2D eigenvalue weighted by molar-refractivity contribution is -0.192. The van der Waals surface area contributed by atoms with Gasteiger partial charge in [-0.2, -0.15) is 13.2 Å². The fraction of sp³-hybridized carbons (Fsp3) is 0.448. The predicted molar refractivity (Wildman–Crippen MR) is 142 cm³/mol. The topological polar surface area (TPSA) is 142 Å². The molecule has 0 saturated carbocycles. The van der Waals surface area contributed by atoms with Gasteiger partial charge >= 0.3 is 18.1 Å². The quantitative estimate of drug-likeness (QED) is 0.232. The molecule has 0 unspecified atom stereocenters. The van der Waals surface area contributed by atoms with Crippen molar-refractivity contribution in [3.05, 3.63) is 61.7 Å². The van der Waals surface area contributed by atoms with Crippen molar-refractivity contribution in [3.8, 4) is 11.4 Å². The normalized spacial score (nSPS) is 22.6. The third-order valence-electron chi connectivity index (χ3n) is 8.92. The van der Waals surface area contributed by atoms with Gasteiger partial charge in [-0.3, -0.25) is 9.69 Å². The Morgan fingerprint density at radius 3 is 2.47 bits per heavy atom. The molecule has 0 radical (unpaired) electrons. The summed E-state index contributed by atoms with van der Waals surface area (Å²) in [5.41, 5.74) is 3.50. The summed E-state index contributed by atoms with van der Waals surface area (Å²) in [6, 6.07) is 3.18. The first-order valence-corrected chi connectivity index (χ1v) is 13.7. The Morgan fingerprint density at radius 1 is 1.19 bits per heavy atom. The number of ether oxygens (including phenoxy) is 1. The number of β-amino-alcohol motifs (C(OH)–C–C–N with tert-alkyl or cyclic N) is 1. The number of halogens is 4. The molecule has 2 aromatic heterocycles. The van der Waals surface area contributed by atoms with E-state index in [0.29, 0.717) is 42.1 Å². The highest BCUT2D eigenvalue weighted by Crippen LogP contribution is 2.48. The zero-order chi connectivity index (χ0) is 31.2. The number of carbonyl (C=O) groups is 2. The molecule has 7 rings (SSSR count). The molecule has 1 aromatic carbocycles. The summed E-state index contributed by atoms with van der Waals surface area (Å²) in [4.78, 5) is 42.1. The van der Waals surface area contributed by atoms with Gasteiger partial charge in [-0.25, -0.2) is 19.0 Å². The van der Waals surface area contributed by atoms with Gasteiger partial charge in [-0.05, 0) is 48.9 Å². The number of aliphatic hydroxyl groups is 2. The molecule has 14 heteroatoms. The number of hydrogen-bond donors (Lipinski definition) is 3. The van der Waals surface area contributed by atoms with Gasteiger partial charge in [0.15, 0.2) is 5.60 Å². The summed E-state index contributed by atoms with van der Waals surface area (Å²) in [7, 11) is 0. The number of esters is 1. The smallest absolute Gasteiger partial charge is 0.475 e. The third-order valence-corrected chi connectivity index (χ3v) is 8.92. The molecule has 3 N–H and O–H groups in total. The van der Waals surface area contributed by atoms with Gasteiger partial charge in [-0.15, -0.1) is 0 Å². The van der Waals surface area contributed by atoms with Gasteiger partial charge in [0.1, 0.15) is 12.4 Å². The molecule has 1 fully saturated rings. The fourth-order valence-corrected chi connectivity index (χ4v) is 6.64. The number of nitrogens with zero attached hydrogens (tertiary/aromatic N) is 3. The van der Waals surface area contributed by atoms with Crippen LogP contribution in [0.25, 0.3) is 22.3 Å². The van der Waals surface area contributed by atoms with E-state index in [0.717, 1.165) is 34.9 Å². The lowest BCUT2D eigenvalue weighted by Crippen LogP contribution is -2.52. The number of alkyl halides is 3. The number of aliphatic carboxylic acids is 1. The van der Waals surface area contributed by atoms with Crippen LogP contribution in [0.2, 0.25) is 0 Å². The van der Waals surface area contributed by atoms with Crippen LogP contribution in [0.1, 0.15) is 59.2 Å². The van der Waals surface area contributed by atoms with Crippen LogP contribution >= 0.6 is 0 Å². The molecule has 0 bridgehead atoms. The first kappa shape index (κ1) is 29.2.